The number of rotatable bonds is 21. The van der Waals surface area contributed by atoms with Crippen molar-refractivity contribution in [3.63, 3.8) is 0 Å². The lowest BCUT2D eigenvalue weighted by Crippen LogP contribution is -2.64. The zero-order chi connectivity index (χ0) is 44.6. The monoisotopic (exact) mass is 868 g/mol. The first-order valence-corrected chi connectivity index (χ1v) is 21.5. The van der Waals surface area contributed by atoms with Crippen LogP contribution in [0.2, 0.25) is 0 Å². The third kappa shape index (κ3) is 12.9. The van der Waals surface area contributed by atoms with Crippen LogP contribution in [0.4, 0.5) is 0 Å². The van der Waals surface area contributed by atoms with Crippen molar-refractivity contribution in [1.29, 1.82) is 0 Å². The van der Waals surface area contributed by atoms with Crippen molar-refractivity contribution in [2.24, 2.45) is 0 Å². The number of ketones is 2. The van der Waals surface area contributed by atoms with Crippen molar-refractivity contribution in [3.05, 3.63) is 143 Å². The first kappa shape index (κ1) is 47.3. The number of thioether (sulfide) groups is 1. The van der Waals surface area contributed by atoms with Crippen molar-refractivity contribution in [3.8, 4) is 0 Å². The van der Waals surface area contributed by atoms with Gasteiger partial charge >= 0.3 is 0 Å². The lowest BCUT2D eigenvalue weighted by molar-refractivity contribution is -0.253. The second-order valence-electron chi connectivity index (χ2n) is 14.6. The van der Waals surface area contributed by atoms with Gasteiger partial charge in [0, 0.05) is 52.2 Å². The molecule has 1 fully saturated rings. The van der Waals surface area contributed by atoms with E-state index in [1.54, 1.807) is 97.9 Å². The van der Waals surface area contributed by atoms with Crippen molar-refractivity contribution in [2.45, 2.75) is 74.5 Å². The summed E-state index contributed by atoms with van der Waals surface area (Å²) in [5.41, 5.74) is 2.51. The summed E-state index contributed by atoms with van der Waals surface area (Å²) in [7, 11) is 0. The van der Waals surface area contributed by atoms with Gasteiger partial charge in [-0.2, -0.15) is 0 Å². The topological polar surface area (TPSA) is 241 Å². The van der Waals surface area contributed by atoms with E-state index >= 15 is 0 Å². The van der Waals surface area contributed by atoms with Crippen LogP contribution in [0.15, 0.2) is 109 Å². The fourth-order valence-electron chi connectivity index (χ4n) is 6.73. The van der Waals surface area contributed by atoms with Crippen LogP contribution in [0.25, 0.3) is 0 Å². The Bertz CT molecular complexity index is 2120. The van der Waals surface area contributed by atoms with Crippen LogP contribution in [0.5, 0.6) is 0 Å². The van der Waals surface area contributed by atoms with E-state index in [0.717, 1.165) is 0 Å². The van der Waals surface area contributed by atoms with Gasteiger partial charge in [-0.3, -0.25) is 28.8 Å². The number of aliphatic hydroxyl groups excluding tert-OH is 4. The lowest BCUT2D eigenvalue weighted by Gasteiger charge is -2.40. The van der Waals surface area contributed by atoms with Gasteiger partial charge in [0.2, 0.25) is 11.8 Å². The molecule has 0 aromatic heterocycles. The number of ether oxygens (including phenoxy) is 1. The van der Waals surface area contributed by atoms with Crippen LogP contribution in [-0.4, -0.2) is 123 Å². The maximum atomic E-state index is 13.5. The van der Waals surface area contributed by atoms with Gasteiger partial charge in [0.15, 0.2) is 17.9 Å². The number of hydrogen-bond acceptors (Lipinski definition) is 12. The molecule has 1 heterocycles. The van der Waals surface area contributed by atoms with E-state index in [0.29, 0.717) is 47.1 Å². The molecule has 7 atom stereocenters. The van der Waals surface area contributed by atoms with Crippen LogP contribution in [-0.2, 0) is 14.3 Å². The summed E-state index contributed by atoms with van der Waals surface area (Å²) < 4.78 is 5.13. The molecule has 16 heteroatoms. The molecule has 4 aromatic rings. The molecule has 4 amide bonds. The number of benzene rings is 4. The predicted molar refractivity (Wildman–Crippen MR) is 232 cm³/mol. The summed E-state index contributed by atoms with van der Waals surface area (Å²) >= 11 is 1.21. The van der Waals surface area contributed by atoms with Crippen LogP contribution >= 0.6 is 11.8 Å². The molecule has 5 rings (SSSR count). The maximum Gasteiger partial charge on any atom is 0.251 e. The highest BCUT2D eigenvalue weighted by molar-refractivity contribution is 8.00. The molecule has 7 unspecified atom stereocenters. The Morgan fingerprint density at radius 1 is 0.629 bits per heavy atom. The minimum absolute atomic E-state index is 0.121. The summed E-state index contributed by atoms with van der Waals surface area (Å²) in [6.45, 7) is 1.53. The molecule has 1 aliphatic rings. The molecule has 0 bridgehead atoms. The Morgan fingerprint density at radius 2 is 1.15 bits per heavy atom. The van der Waals surface area contributed by atoms with E-state index in [-0.39, 0.29) is 48.3 Å². The molecule has 0 spiro atoms. The van der Waals surface area contributed by atoms with E-state index in [9.17, 15) is 49.2 Å². The normalized spacial score (nSPS) is 19.3. The Labute approximate surface area is 363 Å². The summed E-state index contributed by atoms with van der Waals surface area (Å²) in [5.74, 6) is -1.94. The molecule has 1 aliphatic heterocycles. The third-order valence-electron chi connectivity index (χ3n) is 10.3. The molecule has 328 valence electrons. The van der Waals surface area contributed by atoms with Gasteiger partial charge in [-0.05, 0) is 49.9 Å². The van der Waals surface area contributed by atoms with E-state index in [1.165, 1.54) is 23.9 Å². The molecular weight excluding hydrogens is 817 g/mol. The van der Waals surface area contributed by atoms with Crippen molar-refractivity contribution < 1.29 is 53.9 Å². The molecular formula is C46H52N4O11S. The molecule has 0 radical (unpaired) electrons. The van der Waals surface area contributed by atoms with Gasteiger partial charge in [0.05, 0.1) is 11.9 Å². The zero-order valence-corrected chi connectivity index (χ0v) is 35.0. The molecule has 62 heavy (non-hydrogen) atoms. The van der Waals surface area contributed by atoms with Gasteiger partial charge in [-0.15, -0.1) is 11.8 Å². The highest BCUT2D eigenvalue weighted by Crippen LogP contribution is 2.22. The summed E-state index contributed by atoms with van der Waals surface area (Å²) in [6, 6.07) is 27.7. The fourth-order valence-corrected chi connectivity index (χ4v) is 7.69. The van der Waals surface area contributed by atoms with Crippen LogP contribution < -0.4 is 21.3 Å². The average molecular weight is 869 g/mol. The van der Waals surface area contributed by atoms with Crippen LogP contribution in [0.1, 0.15) is 85.2 Å². The van der Waals surface area contributed by atoms with E-state index in [2.05, 4.69) is 21.3 Å². The Morgan fingerprint density at radius 3 is 1.68 bits per heavy atom. The number of amides is 4. The van der Waals surface area contributed by atoms with E-state index in [1.807, 2.05) is 6.07 Å². The molecule has 0 saturated carbocycles. The van der Waals surface area contributed by atoms with Crippen molar-refractivity contribution in [1.82, 2.24) is 21.3 Å². The summed E-state index contributed by atoms with van der Waals surface area (Å²) in [6.07, 6.45) is -4.50. The number of aliphatic hydroxyl groups is 4. The van der Waals surface area contributed by atoms with Crippen molar-refractivity contribution >= 4 is 47.0 Å². The molecule has 4 aromatic carbocycles. The number of hydrogen-bond donors (Lipinski definition) is 8. The first-order chi connectivity index (χ1) is 29.9. The Kier molecular flexibility index (Phi) is 17.9. The van der Waals surface area contributed by atoms with Gasteiger partial charge in [-0.25, -0.2) is 0 Å². The minimum atomic E-state index is -1.66. The molecule has 8 N–H and O–H groups in total. The first-order valence-electron chi connectivity index (χ1n) is 20.4. The number of carbonyl (C=O) groups excluding carboxylic acids is 6. The van der Waals surface area contributed by atoms with Crippen LogP contribution in [0.3, 0.4) is 0 Å². The number of nitrogens with one attached hydrogen (secondary N) is 4. The fraction of sp³-hybridized carbons (Fsp3) is 0.348. The minimum Gasteiger partial charge on any atom is -0.394 e. The van der Waals surface area contributed by atoms with Gasteiger partial charge < -0.3 is 46.4 Å². The van der Waals surface area contributed by atoms with E-state index in [4.69, 9.17) is 4.74 Å². The average Bonchev–Trinajstić information content (AvgIpc) is 3.30. The number of carbonyl (C=O) groups is 6. The van der Waals surface area contributed by atoms with Gasteiger partial charge in [0.25, 0.3) is 11.8 Å². The maximum absolute atomic E-state index is 13.5. The molecule has 15 nitrogen and oxygen atoms in total. The lowest BCUT2D eigenvalue weighted by atomic mass is 9.97. The Hall–Kier alpha value is -5.75. The SMILES string of the molecule is CCC(SCCNC(=O)C(CCCCNC(=O)c1ccc(C(=O)c2ccccc2)cc1)NC(=O)c1ccc(C(=O)c2ccccc2)cc1)C(=O)NC1C(O)OC(CO)C(O)C1O. The largest absolute Gasteiger partial charge is 0.394 e. The third-order valence-corrected chi connectivity index (χ3v) is 11.7. The second kappa shape index (κ2) is 23.5. The molecule has 0 aliphatic carbocycles. The highest BCUT2D eigenvalue weighted by Gasteiger charge is 2.44. The van der Waals surface area contributed by atoms with Crippen molar-refractivity contribution in [2.75, 3.05) is 25.4 Å². The smallest absolute Gasteiger partial charge is 0.251 e. The predicted octanol–water partition coefficient (Wildman–Crippen LogP) is 2.39. The quantitative estimate of drug-likeness (QED) is 0.0445. The zero-order valence-electron chi connectivity index (χ0n) is 34.1. The standard InChI is InChI=1S/C46H52N4O11S/c1-2-36(45(59)50-37-41(55)40(54)35(27-51)61-46(37)60)62-26-25-48-44(58)34(49-43(57)33-22-18-31(19-23-33)39(53)29-13-7-4-8-14-29)15-9-10-24-47-42(56)32-20-16-30(17-21-32)38(52)28-11-5-3-6-12-28/h3-8,11-14,16-23,34-37,40-41,46,51,54-55,60H,2,9-10,15,24-27H2,1H3,(H,47,56)(H,48,58)(H,49,57)(H,50,59). The summed E-state index contributed by atoms with van der Waals surface area (Å²) in [5, 5.41) is 50.5. The van der Waals surface area contributed by atoms with Gasteiger partial charge in [-0.1, -0.05) is 91.9 Å². The van der Waals surface area contributed by atoms with E-state index < -0.39 is 66.3 Å². The molecule has 1 saturated heterocycles. The second-order valence-corrected chi connectivity index (χ2v) is 16.0. The summed E-state index contributed by atoms with van der Waals surface area (Å²) in [4.78, 5) is 78.5. The van der Waals surface area contributed by atoms with Crippen LogP contribution in [0, 0.1) is 0 Å². The Balaban J connectivity index is 1.14. The number of unbranched alkanes of at least 4 members (excludes halogenated alkanes) is 1. The van der Waals surface area contributed by atoms with Gasteiger partial charge in [0.1, 0.15) is 30.4 Å². The highest BCUT2D eigenvalue weighted by atomic mass is 32.2.